The maximum Gasteiger partial charge on any atom is 0.333 e. The van der Waals surface area contributed by atoms with Crippen LogP contribution in [0.25, 0.3) is 0 Å². The Kier molecular flexibility index (Phi) is 4.22. The molecular formula is C6H10O2S. The largest absolute Gasteiger partial charge is 0.466 e. The summed E-state index contributed by atoms with van der Waals surface area (Å²) < 4.78 is 4.44. The van der Waals surface area contributed by atoms with E-state index in [9.17, 15) is 4.79 Å². The Bertz CT molecular complexity index is 129. The molecule has 0 atom stereocenters. The quantitative estimate of drug-likeness (QED) is 0.435. The summed E-state index contributed by atoms with van der Waals surface area (Å²) in [5.74, 6) is -0.260. The second kappa shape index (κ2) is 4.44. The van der Waals surface area contributed by atoms with Crippen LogP contribution in [0.15, 0.2) is 11.0 Å². The molecule has 0 spiro atoms. The molecule has 0 unspecified atom stereocenters. The Morgan fingerprint density at radius 2 is 2.22 bits per heavy atom. The lowest BCUT2D eigenvalue weighted by molar-refractivity contribution is -0.136. The summed E-state index contributed by atoms with van der Waals surface area (Å²) in [5, 5.41) is 1.76. The van der Waals surface area contributed by atoms with Crippen molar-refractivity contribution >= 4 is 17.7 Å². The van der Waals surface area contributed by atoms with E-state index in [1.165, 1.54) is 18.9 Å². The van der Waals surface area contributed by atoms with E-state index < -0.39 is 0 Å². The zero-order valence-electron chi connectivity index (χ0n) is 5.80. The summed E-state index contributed by atoms with van der Waals surface area (Å²) in [7, 11) is 1.38. The molecule has 0 aliphatic heterocycles. The van der Waals surface area contributed by atoms with Crippen molar-refractivity contribution in [3.05, 3.63) is 11.0 Å². The number of methoxy groups -OCH3 is 1. The van der Waals surface area contributed by atoms with Crippen LogP contribution in [0.4, 0.5) is 0 Å². The third-order valence-corrected chi connectivity index (χ3v) is 1.39. The predicted molar refractivity (Wildman–Crippen MR) is 39.3 cm³/mol. The topological polar surface area (TPSA) is 26.3 Å². The Hall–Kier alpha value is -0.440. The lowest BCUT2D eigenvalue weighted by Gasteiger charge is -1.94. The molecule has 0 saturated carbocycles. The van der Waals surface area contributed by atoms with E-state index in [0.717, 1.165) is 0 Å². The van der Waals surface area contributed by atoms with Gasteiger partial charge in [-0.25, -0.2) is 4.79 Å². The van der Waals surface area contributed by atoms with Gasteiger partial charge in [-0.15, -0.1) is 11.8 Å². The molecular weight excluding hydrogens is 136 g/mol. The van der Waals surface area contributed by atoms with Crippen LogP contribution in [-0.2, 0) is 9.53 Å². The Labute approximate surface area is 59.3 Å². The number of ether oxygens (including phenoxy) is 1. The van der Waals surface area contributed by atoms with Crippen molar-refractivity contribution in [1.82, 2.24) is 0 Å². The maximum atomic E-state index is 10.6. The molecule has 0 fully saturated rings. The van der Waals surface area contributed by atoms with E-state index in [0.29, 0.717) is 5.57 Å². The molecule has 0 aromatic rings. The Balaban J connectivity index is 3.86. The highest BCUT2D eigenvalue weighted by Crippen LogP contribution is 2.02. The van der Waals surface area contributed by atoms with Gasteiger partial charge in [0.15, 0.2) is 0 Å². The van der Waals surface area contributed by atoms with Gasteiger partial charge in [-0.3, -0.25) is 0 Å². The third-order valence-electron chi connectivity index (χ3n) is 0.802. The predicted octanol–water partition coefficient (Wildman–Crippen LogP) is 1.43. The molecule has 0 bridgehead atoms. The van der Waals surface area contributed by atoms with Crippen LogP contribution >= 0.6 is 11.8 Å². The summed E-state index contributed by atoms with van der Waals surface area (Å²) in [6, 6.07) is 0. The van der Waals surface area contributed by atoms with E-state index in [2.05, 4.69) is 4.74 Å². The molecule has 0 N–H and O–H groups in total. The van der Waals surface area contributed by atoms with Gasteiger partial charge in [0, 0.05) is 5.57 Å². The zero-order chi connectivity index (χ0) is 7.28. The first kappa shape index (κ1) is 8.56. The van der Waals surface area contributed by atoms with Crippen molar-refractivity contribution in [3.63, 3.8) is 0 Å². The minimum Gasteiger partial charge on any atom is -0.466 e. The highest BCUT2D eigenvalue weighted by molar-refractivity contribution is 8.01. The summed E-state index contributed by atoms with van der Waals surface area (Å²) in [5.41, 5.74) is 0.644. The van der Waals surface area contributed by atoms with Gasteiger partial charge >= 0.3 is 5.97 Å². The summed E-state index contributed by atoms with van der Waals surface area (Å²) in [4.78, 5) is 10.6. The van der Waals surface area contributed by atoms with E-state index in [-0.39, 0.29) is 5.97 Å². The van der Waals surface area contributed by atoms with Crippen molar-refractivity contribution in [1.29, 1.82) is 0 Å². The average Bonchev–Trinajstić information content (AvgIpc) is 1.87. The first-order chi connectivity index (χ1) is 4.22. The van der Waals surface area contributed by atoms with Crippen molar-refractivity contribution in [2.24, 2.45) is 0 Å². The van der Waals surface area contributed by atoms with E-state index >= 15 is 0 Å². The fraction of sp³-hybridized carbons (Fsp3) is 0.500. The van der Waals surface area contributed by atoms with Crippen LogP contribution in [0.3, 0.4) is 0 Å². The van der Waals surface area contributed by atoms with E-state index in [4.69, 9.17) is 0 Å². The highest BCUT2D eigenvalue weighted by atomic mass is 32.2. The van der Waals surface area contributed by atoms with Crippen molar-refractivity contribution < 1.29 is 9.53 Å². The normalized spacial score (nSPS) is 11.2. The molecule has 3 heteroatoms. The van der Waals surface area contributed by atoms with E-state index in [1.807, 2.05) is 6.26 Å². The SMILES string of the molecule is COC(=O)C(C)=CSC. The van der Waals surface area contributed by atoms with Crippen LogP contribution in [0.5, 0.6) is 0 Å². The number of carbonyl (C=O) groups is 1. The summed E-state index contributed by atoms with van der Waals surface area (Å²) in [6.07, 6.45) is 1.90. The second-order valence-electron chi connectivity index (χ2n) is 1.53. The lowest BCUT2D eigenvalue weighted by atomic mass is 10.4. The second-order valence-corrected chi connectivity index (χ2v) is 2.24. The summed E-state index contributed by atoms with van der Waals surface area (Å²) in [6.45, 7) is 1.72. The minimum atomic E-state index is -0.260. The zero-order valence-corrected chi connectivity index (χ0v) is 6.62. The van der Waals surface area contributed by atoms with Crippen molar-refractivity contribution in [2.45, 2.75) is 6.92 Å². The molecule has 0 saturated heterocycles. The van der Waals surface area contributed by atoms with Gasteiger partial charge in [0.2, 0.25) is 0 Å². The maximum absolute atomic E-state index is 10.6. The van der Waals surface area contributed by atoms with Gasteiger partial charge in [0.1, 0.15) is 0 Å². The lowest BCUT2D eigenvalue weighted by Crippen LogP contribution is -2.00. The molecule has 0 amide bonds. The van der Waals surface area contributed by atoms with Crippen molar-refractivity contribution in [3.8, 4) is 0 Å². The molecule has 52 valence electrons. The molecule has 0 aromatic carbocycles. The molecule has 2 nitrogen and oxygen atoms in total. The number of hydrogen-bond donors (Lipinski definition) is 0. The summed E-state index contributed by atoms with van der Waals surface area (Å²) >= 11 is 1.49. The van der Waals surface area contributed by atoms with Crippen LogP contribution in [-0.4, -0.2) is 19.3 Å². The number of rotatable bonds is 2. The van der Waals surface area contributed by atoms with Crippen LogP contribution < -0.4 is 0 Å². The highest BCUT2D eigenvalue weighted by Gasteiger charge is 1.99. The number of thioether (sulfide) groups is 1. The number of esters is 1. The average molecular weight is 146 g/mol. The van der Waals surface area contributed by atoms with Crippen LogP contribution in [0.1, 0.15) is 6.92 Å². The minimum absolute atomic E-state index is 0.260. The van der Waals surface area contributed by atoms with Gasteiger partial charge in [-0.05, 0) is 18.6 Å². The third kappa shape index (κ3) is 3.19. The first-order valence-corrected chi connectivity index (χ1v) is 3.79. The number of carbonyl (C=O) groups excluding carboxylic acids is 1. The molecule has 0 radical (unpaired) electrons. The first-order valence-electron chi connectivity index (χ1n) is 2.50. The molecule has 0 aliphatic carbocycles. The monoisotopic (exact) mass is 146 g/mol. The van der Waals surface area contributed by atoms with Gasteiger partial charge in [-0.1, -0.05) is 0 Å². The smallest absolute Gasteiger partial charge is 0.333 e. The van der Waals surface area contributed by atoms with Gasteiger partial charge in [0.25, 0.3) is 0 Å². The van der Waals surface area contributed by atoms with Gasteiger partial charge in [-0.2, -0.15) is 0 Å². The fourth-order valence-corrected chi connectivity index (χ4v) is 0.836. The number of hydrogen-bond acceptors (Lipinski definition) is 3. The van der Waals surface area contributed by atoms with E-state index in [1.54, 1.807) is 12.3 Å². The molecule has 0 rings (SSSR count). The molecule has 0 aliphatic rings. The molecule has 0 heterocycles. The van der Waals surface area contributed by atoms with Crippen molar-refractivity contribution in [2.75, 3.05) is 13.4 Å². The molecule has 9 heavy (non-hydrogen) atoms. The fourth-order valence-electron chi connectivity index (χ4n) is 0.386. The Morgan fingerprint density at radius 1 is 1.67 bits per heavy atom. The standard InChI is InChI=1S/C6H10O2S/c1-5(4-9-3)6(7)8-2/h4H,1-3H3. The van der Waals surface area contributed by atoms with Crippen LogP contribution in [0, 0.1) is 0 Å². The molecule has 0 aromatic heterocycles. The Morgan fingerprint density at radius 3 is 2.56 bits per heavy atom. The van der Waals surface area contributed by atoms with Gasteiger partial charge in [0.05, 0.1) is 7.11 Å². The van der Waals surface area contributed by atoms with Crippen LogP contribution in [0.2, 0.25) is 0 Å². The van der Waals surface area contributed by atoms with Gasteiger partial charge < -0.3 is 4.74 Å².